The van der Waals surface area contributed by atoms with Crippen LogP contribution in [0, 0.1) is 11.8 Å². The first-order valence-corrected chi connectivity index (χ1v) is 9.35. The molecule has 5 atom stereocenters. The second-order valence-corrected chi connectivity index (χ2v) is 7.89. The minimum Gasteiger partial charge on any atom is -0.373 e. The molecule has 3 saturated heterocycles. The van der Waals surface area contributed by atoms with Gasteiger partial charge in [-0.1, -0.05) is 47.5 Å². The molecule has 0 N–H and O–H groups in total. The summed E-state index contributed by atoms with van der Waals surface area (Å²) in [6, 6.07) is 14.5. The lowest BCUT2D eigenvalue weighted by molar-refractivity contribution is -0.124. The molecule has 132 valence electrons. The van der Waals surface area contributed by atoms with Gasteiger partial charge in [-0.2, -0.15) is 0 Å². The van der Waals surface area contributed by atoms with Crippen LogP contribution < -0.4 is 4.90 Å². The Labute approximate surface area is 160 Å². The third-order valence-electron chi connectivity index (χ3n) is 5.74. The minimum absolute atomic E-state index is 0.00140. The van der Waals surface area contributed by atoms with Gasteiger partial charge in [0.05, 0.1) is 29.7 Å². The first-order valence-electron chi connectivity index (χ1n) is 8.59. The van der Waals surface area contributed by atoms with Crippen LogP contribution in [0.25, 0.3) is 0 Å². The number of anilines is 1. The van der Waals surface area contributed by atoms with E-state index >= 15 is 0 Å². The van der Waals surface area contributed by atoms with Crippen LogP contribution in [0.5, 0.6) is 0 Å². The van der Waals surface area contributed by atoms with E-state index in [0.717, 1.165) is 5.56 Å². The molecule has 3 fully saturated rings. The second-order valence-electron chi connectivity index (χ2n) is 7.05. The van der Waals surface area contributed by atoms with E-state index in [1.807, 2.05) is 24.3 Å². The van der Waals surface area contributed by atoms with Gasteiger partial charge in [0.1, 0.15) is 0 Å². The predicted octanol–water partition coefficient (Wildman–Crippen LogP) is 4.05. The number of ether oxygens (including phenoxy) is 1. The van der Waals surface area contributed by atoms with Crippen LogP contribution in [0.4, 0.5) is 5.69 Å². The molecular weight excluding hydrogens is 373 g/mol. The van der Waals surface area contributed by atoms with Gasteiger partial charge >= 0.3 is 0 Å². The third kappa shape index (κ3) is 2.19. The molecule has 5 rings (SSSR count). The quantitative estimate of drug-likeness (QED) is 0.730. The number of amides is 2. The van der Waals surface area contributed by atoms with Crippen molar-refractivity contribution < 1.29 is 14.3 Å². The number of hydrogen-bond donors (Lipinski definition) is 0. The number of imide groups is 1. The van der Waals surface area contributed by atoms with E-state index in [1.165, 1.54) is 4.90 Å². The van der Waals surface area contributed by atoms with E-state index in [1.54, 1.807) is 24.3 Å². The molecule has 0 radical (unpaired) electrons. The van der Waals surface area contributed by atoms with Gasteiger partial charge in [-0.05, 0) is 36.2 Å². The van der Waals surface area contributed by atoms with Gasteiger partial charge in [-0.3, -0.25) is 9.59 Å². The van der Waals surface area contributed by atoms with Crippen molar-refractivity contribution >= 4 is 40.7 Å². The molecule has 2 bridgehead atoms. The molecule has 0 aliphatic carbocycles. The summed E-state index contributed by atoms with van der Waals surface area (Å²) >= 11 is 12.4. The smallest absolute Gasteiger partial charge is 0.240 e. The molecule has 26 heavy (non-hydrogen) atoms. The van der Waals surface area contributed by atoms with Crippen LogP contribution in [0.15, 0.2) is 48.5 Å². The summed E-state index contributed by atoms with van der Waals surface area (Å²) in [7, 11) is 0. The van der Waals surface area contributed by atoms with Gasteiger partial charge < -0.3 is 4.74 Å². The molecule has 2 aromatic rings. The van der Waals surface area contributed by atoms with Crippen LogP contribution in [0.1, 0.15) is 17.9 Å². The molecule has 3 aliphatic heterocycles. The van der Waals surface area contributed by atoms with Crippen molar-refractivity contribution in [3.05, 3.63) is 64.1 Å². The van der Waals surface area contributed by atoms with Gasteiger partial charge in [0.25, 0.3) is 0 Å². The van der Waals surface area contributed by atoms with Crippen molar-refractivity contribution in [3.8, 4) is 0 Å². The highest BCUT2D eigenvalue weighted by Crippen LogP contribution is 2.55. The molecule has 4 nitrogen and oxygen atoms in total. The zero-order valence-electron chi connectivity index (χ0n) is 13.6. The predicted molar refractivity (Wildman–Crippen MR) is 98.4 cm³/mol. The number of halogens is 2. The average molecular weight is 388 g/mol. The first-order chi connectivity index (χ1) is 12.6. The monoisotopic (exact) mass is 387 g/mol. The summed E-state index contributed by atoms with van der Waals surface area (Å²) in [5.74, 6) is -1.17. The molecule has 0 spiro atoms. The Morgan fingerprint density at radius 3 is 2.42 bits per heavy atom. The number of fused-ring (bicyclic) bond motifs is 5. The van der Waals surface area contributed by atoms with Crippen molar-refractivity contribution in [3.63, 3.8) is 0 Å². The van der Waals surface area contributed by atoms with Crippen LogP contribution in [-0.2, 0) is 14.3 Å². The standard InChI is InChI=1S/C20H15Cl2NO3/c21-10-6-7-12(14(22)8-10)13-9-15-16-17(18(13)26-15)20(25)23(19(16)24)11-4-2-1-3-5-11/h1-8,13,15-18H,9H2/t13-,15-,16-,17-,18+/m0/s1. The zero-order valence-corrected chi connectivity index (χ0v) is 15.2. The van der Waals surface area contributed by atoms with Crippen molar-refractivity contribution in [1.29, 1.82) is 0 Å². The van der Waals surface area contributed by atoms with E-state index in [0.29, 0.717) is 22.2 Å². The summed E-state index contributed by atoms with van der Waals surface area (Å²) in [4.78, 5) is 27.3. The van der Waals surface area contributed by atoms with Gasteiger partial charge in [0, 0.05) is 16.0 Å². The SMILES string of the molecule is O=C1[C@@H]2[C@@H]3O[C@@H](C[C@H]3c3ccc(Cl)cc3Cl)[C@@H]2C(=O)N1c1ccccc1. The normalized spacial score (nSPS) is 32.4. The zero-order chi connectivity index (χ0) is 18.0. The molecule has 6 heteroatoms. The van der Waals surface area contributed by atoms with Gasteiger partial charge in [-0.15, -0.1) is 0 Å². The summed E-state index contributed by atoms with van der Waals surface area (Å²) in [5, 5.41) is 1.15. The number of rotatable bonds is 2. The van der Waals surface area contributed by atoms with Gasteiger partial charge in [-0.25, -0.2) is 4.90 Å². The van der Waals surface area contributed by atoms with Crippen LogP contribution in [0.3, 0.4) is 0 Å². The maximum atomic E-state index is 13.1. The van der Waals surface area contributed by atoms with E-state index in [2.05, 4.69) is 0 Å². The van der Waals surface area contributed by atoms with Crippen LogP contribution >= 0.6 is 23.2 Å². The summed E-state index contributed by atoms with van der Waals surface area (Å²) in [5.41, 5.74) is 1.55. The third-order valence-corrected chi connectivity index (χ3v) is 6.31. The van der Waals surface area contributed by atoms with E-state index < -0.39 is 11.8 Å². The van der Waals surface area contributed by atoms with E-state index in [9.17, 15) is 9.59 Å². The fourth-order valence-electron chi connectivity index (χ4n) is 4.69. The highest BCUT2D eigenvalue weighted by molar-refractivity contribution is 6.35. The molecule has 3 heterocycles. The molecule has 0 saturated carbocycles. The Hall–Kier alpha value is -1.88. The summed E-state index contributed by atoms with van der Waals surface area (Å²) in [6.07, 6.45) is 0.121. The molecular formula is C20H15Cl2NO3. The summed E-state index contributed by atoms with van der Waals surface area (Å²) < 4.78 is 6.06. The maximum absolute atomic E-state index is 13.1. The van der Waals surface area contributed by atoms with E-state index in [-0.39, 0.29) is 29.9 Å². The fraction of sp³-hybridized carbons (Fsp3) is 0.300. The van der Waals surface area contributed by atoms with Gasteiger partial charge in [0.15, 0.2) is 0 Å². The highest BCUT2D eigenvalue weighted by atomic mass is 35.5. The molecule has 0 unspecified atom stereocenters. The molecule has 2 aromatic carbocycles. The fourth-order valence-corrected chi connectivity index (χ4v) is 5.24. The Bertz CT molecular complexity index is 917. The highest BCUT2D eigenvalue weighted by Gasteiger charge is 2.65. The van der Waals surface area contributed by atoms with Crippen LogP contribution in [0.2, 0.25) is 10.0 Å². The number of carbonyl (C=O) groups is 2. The average Bonchev–Trinajstić information content (AvgIpc) is 3.27. The Morgan fingerprint density at radius 1 is 0.962 bits per heavy atom. The minimum atomic E-state index is -0.446. The van der Waals surface area contributed by atoms with Crippen molar-refractivity contribution in [2.24, 2.45) is 11.8 Å². The lowest BCUT2D eigenvalue weighted by atomic mass is 9.73. The Morgan fingerprint density at radius 2 is 1.69 bits per heavy atom. The van der Waals surface area contributed by atoms with Crippen molar-refractivity contribution in [2.75, 3.05) is 4.90 Å². The van der Waals surface area contributed by atoms with Crippen molar-refractivity contribution in [1.82, 2.24) is 0 Å². The summed E-state index contributed by atoms with van der Waals surface area (Å²) in [6.45, 7) is 0. The Balaban J connectivity index is 1.50. The number of hydrogen-bond acceptors (Lipinski definition) is 3. The van der Waals surface area contributed by atoms with Crippen LogP contribution in [-0.4, -0.2) is 24.0 Å². The topological polar surface area (TPSA) is 46.6 Å². The van der Waals surface area contributed by atoms with Crippen molar-refractivity contribution in [2.45, 2.75) is 24.5 Å². The Kier molecular flexibility index (Phi) is 3.64. The van der Waals surface area contributed by atoms with Gasteiger partial charge in [0.2, 0.25) is 11.8 Å². The molecule has 0 aromatic heterocycles. The number of nitrogens with zero attached hydrogens (tertiary/aromatic N) is 1. The van der Waals surface area contributed by atoms with E-state index in [4.69, 9.17) is 27.9 Å². The lowest BCUT2D eigenvalue weighted by Crippen LogP contribution is -2.35. The first kappa shape index (κ1) is 16.3. The molecule has 2 amide bonds. The second kappa shape index (κ2) is 5.81. The molecule has 3 aliphatic rings. The lowest BCUT2D eigenvalue weighted by Gasteiger charge is -2.26. The maximum Gasteiger partial charge on any atom is 0.240 e. The number of benzene rings is 2. The largest absolute Gasteiger partial charge is 0.373 e. The number of para-hydroxylation sites is 1. The number of carbonyl (C=O) groups excluding carboxylic acids is 2.